The summed E-state index contributed by atoms with van der Waals surface area (Å²) < 4.78 is 0.918. The number of hydrogen-bond donors (Lipinski definition) is 0. The number of nitrogens with zero attached hydrogens (tertiary/aromatic N) is 2. The van der Waals surface area contributed by atoms with Crippen LogP contribution in [0.5, 0.6) is 0 Å². The van der Waals surface area contributed by atoms with Crippen LogP contribution in [0.25, 0.3) is 0 Å². The van der Waals surface area contributed by atoms with Crippen LogP contribution in [0.2, 0.25) is 0 Å². The SMILES string of the molecule is Cc1c(C(=O)c2cccs2)ccc(=O)n1C#N. The van der Waals surface area contributed by atoms with Crippen molar-refractivity contribution >= 4 is 17.1 Å². The molecule has 0 aliphatic carbocycles. The van der Waals surface area contributed by atoms with Crippen LogP contribution < -0.4 is 5.56 Å². The van der Waals surface area contributed by atoms with Gasteiger partial charge in [-0.2, -0.15) is 5.26 Å². The third kappa shape index (κ3) is 1.90. The number of thiophene rings is 1. The van der Waals surface area contributed by atoms with E-state index >= 15 is 0 Å². The zero-order valence-corrected chi connectivity index (χ0v) is 9.82. The van der Waals surface area contributed by atoms with Crippen LogP contribution in [0.15, 0.2) is 34.4 Å². The lowest BCUT2D eigenvalue weighted by Gasteiger charge is -2.05. The van der Waals surface area contributed by atoms with E-state index < -0.39 is 5.56 Å². The molecule has 0 radical (unpaired) electrons. The van der Waals surface area contributed by atoms with Crippen molar-refractivity contribution in [3.8, 4) is 6.19 Å². The Labute approximate surface area is 101 Å². The molecule has 5 heteroatoms. The maximum Gasteiger partial charge on any atom is 0.264 e. The third-order valence-electron chi connectivity index (χ3n) is 2.43. The van der Waals surface area contributed by atoms with E-state index in [0.717, 1.165) is 4.57 Å². The van der Waals surface area contributed by atoms with Gasteiger partial charge >= 0.3 is 0 Å². The number of pyridine rings is 1. The van der Waals surface area contributed by atoms with Gasteiger partial charge in [0.05, 0.1) is 4.88 Å². The normalized spacial score (nSPS) is 9.88. The molecule has 0 saturated heterocycles. The van der Waals surface area contributed by atoms with Crippen LogP contribution in [0.1, 0.15) is 20.9 Å². The standard InChI is InChI=1S/C12H8N2O2S/c1-8-9(4-5-11(15)14(8)7-13)12(16)10-3-2-6-17-10/h2-6H,1H3. The van der Waals surface area contributed by atoms with Gasteiger partial charge in [-0.25, -0.2) is 4.57 Å². The molecule has 0 N–H and O–H groups in total. The van der Waals surface area contributed by atoms with Gasteiger partial charge in [-0.3, -0.25) is 9.59 Å². The van der Waals surface area contributed by atoms with Crippen molar-refractivity contribution in [2.24, 2.45) is 0 Å². The van der Waals surface area contributed by atoms with E-state index in [1.165, 1.54) is 23.5 Å². The largest absolute Gasteiger partial charge is 0.288 e. The van der Waals surface area contributed by atoms with Crippen molar-refractivity contribution in [2.45, 2.75) is 6.92 Å². The molecule has 0 aliphatic heterocycles. The number of nitriles is 1. The summed E-state index contributed by atoms with van der Waals surface area (Å²) in [6, 6.07) is 6.20. The fourth-order valence-corrected chi connectivity index (χ4v) is 2.22. The smallest absolute Gasteiger partial charge is 0.264 e. The number of rotatable bonds is 2. The predicted octanol–water partition coefficient (Wildman–Crippen LogP) is 1.78. The molecule has 2 heterocycles. The highest BCUT2D eigenvalue weighted by Crippen LogP contribution is 2.16. The van der Waals surface area contributed by atoms with Gasteiger partial charge in [0.2, 0.25) is 5.78 Å². The van der Waals surface area contributed by atoms with Crippen LogP contribution in [0.4, 0.5) is 0 Å². The van der Waals surface area contributed by atoms with E-state index in [-0.39, 0.29) is 5.78 Å². The summed E-state index contributed by atoms with van der Waals surface area (Å²) in [6.45, 7) is 1.59. The van der Waals surface area contributed by atoms with Gasteiger partial charge in [0.15, 0.2) is 6.19 Å². The highest BCUT2D eigenvalue weighted by molar-refractivity contribution is 7.12. The fraction of sp³-hybridized carbons (Fsp3) is 0.0833. The second-order valence-electron chi connectivity index (χ2n) is 3.41. The zero-order valence-electron chi connectivity index (χ0n) is 9.01. The topological polar surface area (TPSA) is 62.9 Å². The Morgan fingerprint density at radius 2 is 2.18 bits per heavy atom. The molecule has 0 bridgehead atoms. The first-order valence-corrected chi connectivity index (χ1v) is 5.74. The van der Waals surface area contributed by atoms with Gasteiger partial charge in [0.1, 0.15) is 0 Å². The second-order valence-corrected chi connectivity index (χ2v) is 4.36. The molecule has 17 heavy (non-hydrogen) atoms. The molecule has 0 fully saturated rings. The van der Waals surface area contributed by atoms with E-state index in [1.807, 2.05) is 5.38 Å². The molecule has 0 aliphatic rings. The molecule has 0 unspecified atom stereocenters. The lowest BCUT2D eigenvalue weighted by atomic mass is 10.1. The summed E-state index contributed by atoms with van der Waals surface area (Å²) in [6.07, 6.45) is 1.76. The molecule has 2 aromatic rings. The molecule has 0 atom stereocenters. The average molecular weight is 244 g/mol. The minimum Gasteiger partial charge on any atom is -0.288 e. The minimum atomic E-state index is -0.423. The van der Waals surface area contributed by atoms with E-state index in [0.29, 0.717) is 16.1 Å². The number of carbonyl (C=O) groups is 1. The van der Waals surface area contributed by atoms with Crippen LogP contribution >= 0.6 is 11.3 Å². The van der Waals surface area contributed by atoms with Gasteiger partial charge in [-0.1, -0.05) is 6.07 Å². The van der Waals surface area contributed by atoms with Crippen molar-refractivity contribution in [1.82, 2.24) is 4.57 Å². The van der Waals surface area contributed by atoms with E-state index in [1.54, 1.807) is 25.2 Å². The van der Waals surface area contributed by atoms with Crippen molar-refractivity contribution in [3.63, 3.8) is 0 Å². The molecule has 0 amide bonds. The quantitative estimate of drug-likeness (QED) is 0.756. The van der Waals surface area contributed by atoms with Gasteiger partial charge in [-0.05, 0) is 24.4 Å². The lowest BCUT2D eigenvalue weighted by Crippen LogP contribution is -2.20. The molecular formula is C12H8N2O2S. The first kappa shape index (κ1) is 11.3. The summed E-state index contributed by atoms with van der Waals surface area (Å²) in [5.41, 5.74) is 0.333. The molecule has 2 aromatic heterocycles. The van der Waals surface area contributed by atoms with Crippen molar-refractivity contribution in [3.05, 3.63) is 56.1 Å². The number of ketones is 1. The Bertz CT molecular complexity index is 663. The van der Waals surface area contributed by atoms with Crippen molar-refractivity contribution in [1.29, 1.82) is 5.26 Å². The number of carbonyl (C=O) groups excluding carboxylic acids is 1. The molecule has 0 saturated carbocycles. The van der Waals surface area contributed by atoms with Crippen LogP contribution in [0.3, 0.4) is 0 Å². The van der Waals surface area contributed by atoms with Gasteiger partial charge in [0, 0.05) is 17.3 Å². The number of aromatic nitrogens is 1. The van der Waals surface area contributed by atoms with Gasteiger partial charge < -0.3 is 0 Å². The Morgan fingerprint density at radius 1 is 1.41 bits per heavy atom. The zero-order chi connectivity index (χ0) is 12.4. The van der Waals surface area contributed by atoms with Crippen LogP contribution in [-0.2, 0) is 0 Å². The summed E-state index contributed by atoms with van der Waals surface area (Å²) in [7, 11) is 0. The molecule has 2 rings (SSSR count). The molecule has 84 valence electrons. The maximum atomic E-state index is 12.1. The van der Waals surface area contributed by atoms with Crippen LogP contribution in [0, 0.1) is 18.4 Å². The Kier molecular flexibility index (Phi) is 2.90. The highest BCUT2D eigenvalue weighted by atomic mass is 32.1. The lowest BCUT2D eigenvalue weighted by molar-refractivity contribution is 0.104. The Hall–Kier alpha value is -2.19. The first-order valence-electron chi connectivity index (χ1n) is 4.86. The maximum absolute atomic E-state index is 12.1. The second kappa shape index (κ2) is 4.36. The molecular weight excluding hydrogens is 236 g/mol. The van der Waals surface area contributed by atoms with Gasteiger partial charge in [0.25, 0.3) is 5.56 Å². The monoisotopic (exact) mass is 244 g/mol. The Balaban J connectivity index is 2.59. The van der Waals surface area contributed by atoms with E-state index in [2.05, 4.69) is 0 Å². The number of hydrogen-bond acceptors (Lipinski definition) is 4. The van der Waals surface area contributed by atoms with Crippen LogP contribution in [-0.4, -0.2) is 10.4 Å². The minimum absolute atomic E-state index is 0.165. The summed E-state index contributed by atoms with van der Waals surface area (Å²) in [5.74, 6) is -0.165. The summed E-state index contributed by atoms with van der Waals surface area (Å²) >= 11 is 1.33. The summed E-state index contributed by atoms with van der Waals surface area (Å²) in [4.78, 5) is 24.1. The Morgan fingerprint density at radius 3 is 2.76 bits per heavy atom. The first-order chi connectivity index (χ1) is 8.15. The predicted molar refractivity (Wildman–Crippen MR) is 64.2 cm³/mol. The fourth-order valence-electron chi connectivity index (χ4n) is 1.54. The van der Waals surface area contributed by atoms with Gasteiger partial charge in [-0.15, -0.1) is 11.3 Å². The van der Waals surface area contributed by atoms with Crippen molar-refractivity contribution in [2.75, 3.05) is 0 Å². The molecule has 0 spiro atoms. The average Bonchev–Trinajstić information content (AvgIpc) is 2.82. The van der Waals surface area contributed by atoms with E-state index in [4.69, 9.17) is 5.26 Å². The van der Waals surface area contributed by atoms with Crippen molar-refractivity contribution < 1.29 is 4.79 Å². The molecule has 0 aromatic carbocycles. The highest BCUT2D eigenvalue weighted by Gasteiger charge is 2.15. The third-order valence-corrected chi connectivity index (χ3v) is 3.30. The molecule has 4 nitrogen and oxygen atoms in total. The van der Waals surface area contributed by atoms with E-state index in [9.17, 15) is 9.59 Å². The summed E-state index contributed by atoms with van der Waals surface area (Å²) in [5, 5.41) is 10.6.